The van der Waals surface area contributed by atoms with Gasteiger partial charge in [0.05, 0.1) is 19.8 Å². The van der Waals surface area contributed by atoms with E-state index in [2.05, 4.69) is 13.8 Å². The molecule has 0 aliphatic rings. The van der Waals surface area contributed by atoms with Crippen molar-refractivity contribution in [3.8, 4) is 0 Å². The van der Waals surface area contributed by atoms with Gasteiger partial charge in [0, 0.05) is 13.0 Å². The number of unbranched alkanes of at least 4 members (excludes halogenated alkanes) is 18. The summed E-state index contributed by atoms with van der Waals surface area (Å²) in [5.41, 5.74) is 0. The summed E-state index contributed by atoms with van der Waals surface area (Å²) in [5, 5.41) is 0. The van der Waals surface area contributed by atoms with Crippen molar-refractivity contribution in [2.75, 3.05) is 33.0 Å². The van der Waals surface area contributed by atoms with Gasteiger partial charge in [-0.25, -0.2) is 0 Å². The van der Waals surface area contributed by atoms with Crippen molar-refractivity contribution in [2.45, 2.75) is 149 Å². The molecule has 0 rings (SSSR count). The van der Waals surface area contributed by atoms with Gasteiger partial charge in [-0.3, -0.25) is 4.79 Å². The molecule has 0 heterocycles. The Bertz CT molecular complexity index is 373. The van der Waals surface area contributed by atoms with Crippen LogP contribution >= 0.6 is 0 Å². The van der Waals surface area contributed by atoms with Crippen LogP contribution in [-0.2, 0) is 19.0 Å². The standard InChI is InChI=1S/C29H58O4/c1-3-5-7-9-11-12-13-14-15-16-18-20-22-24-31-25-26-32-27-28-33-29(30)23-21-19-17-10-8-6-4-2/h3-28H2,1-2H3. The second-order valence-corrected chi connectivity index (χ2v) is 9.56. The predicted octanol–water partition coefficient (Wildman–Crippen LogP) is 8.79. The van der Waals surface area contributed by atoms with Crippen molar-refractivity contribution in [2.24, 2.45) is 0 Å². The number of carbonyl (C=O) groups excluding carboxylic acids is 1. The Morgan fingerprint density at radius 1 is 0.424 bits per heavy atom. The molecule has 0 saturated heterocycles. The van der Waals surface area contributed by atoms with Crippen LogP contribution in [0.3, 0.4) is 0 Å². The molecular formula is C29H58O4. The maximum Gasteiger partial charge on any atom is 0.305 e. The van der Waals surface area contributed by atoms with E-state index in [4.69, 9.17) is 14.2 Å². The Kier molecular flexibility index (Phi) is 28.9. The van der Waals surface area contributed by atoms with Crippen molar-refractivity contribution in [3.05, 3.63) is 0 Å². The summed E-state index contributed by atoms with van der Waals surface area (Å²) in [6.07, 6.45) is 26.9. The topological polar surface area (TPSA) is 44.8 Å². The van der Waals surface area contributed by atoms with Crippen LogP contribution in [0.5, 0.6) is 0 Å². The van der Waals surface area contributed by atoms with E-state index in [0.717, 1.165) is 25.9 Å². The summed E-state index contributed by atoms with van der Waals surface area (Å²) in [6, 6.07) is 0. The van der Waals surface area contributed by atoms with Crippen LogP contribution in [0.4, 0.5) is 0 Å². The molecule has 0 unspecified atom stereocenters. The lowest BCUT2D eigenvalue weighted by Gasteiger charge is -2.07. The van der Waals surface area contributed by atoms with Gasteiger partial charge >= 0.3 is 5.97 Å². The van der Waals surface area contributed by atoms with E-state index in [1.807, 2.05) is 0 Å². The normalized spacial score (nSPS) is 11.2. The number of ether oxygens (including phenoxy) is 3. The highest BCUT2D eigenvalue weighted by Gasteiger charge is 2.02. The molecule has 33 heavy (non-hydrogen) atoms. The molecule has 0 atom stereocenters. The highest BCUT2D eigenvalue weighted by atomic mass is 16.6. The third-order valence-corrected chi connectivity index (χ3v) is 6.24. The lowest BCUT2D eigenvalue weighted by molar-refractivity contribution is -0.145. The molecule has 0 aliphatic carbocycles. The van der Waals surface area contributed by atoms with Crippen molar-refractivity contribution >= 4 is 5.97 Å². The first-order chi connectivity index (χ1) is 16.3. The van der Waals surface area contributed by atoms with Gasteiger partial charge in [0.2, 0.25) is 0 Å². The van der Waals surface area contributed by atoms with Gasteiger partial charge in [0.25, 0.3) is 0 Å². The number of hydrogen-bond donors (Lipinski definition) is 0. The minimum Gasteiger partial charge on any atom is -0.463 e. The van der Waals surface area contributed by atoms with Gasteiger partial charge in [-0.15, -0.1) is 0 Å². The van der Waals surface area contributed by atoms with Crippen molar-refractivity contribution in [1.82, 2.24) is 0 Å². The van der Waals surface area contributed by atoms with Gasteiger partial charge in [-0.1, -0.05) is 129 Å². The molecule has 4 heteroatoms. The first kappa shape index (κ1) is 32.4. The van der Waals surface area contributed by atoms with Crippen LogP contribution in [0.25, 0.3) is 0 Å². The highest BCUT2D eigenvalue weighted by Crippen LogP contribution is 2.12. The predicted molar refractivity (Wildman–Crippen MR) is 141 cm³/mol. The Morgan fingerprint density at radius 3 is 1.27 bits per heavy atom. The minimum absolute atomic E-state index is 0.0918. The zero-order valence-corrected chi connectivity index (χ0v) is 22.5. The van der Waals surface area contributed by atoms with E-state index in [1.54, 1.807) is 0 Å². The Labute approximate surface area is 206 Å². The smallest absolute Gasteiger partial charge is 0.305 e. The SMILES string of the molecule is CCCCCCCCCCCCCCCOCCOCCOC(=O)CCCCCCCCC. The van der Waals surface area contributed by atoms with Gasteiger partial charge in [0.15, 0.2) is 0 Å². The third-order valence-electron chi connectivity index (χ3n) is 6.24. The summed E-state index contributed by atoms with van der Waals surface area (Å²) in [4.78, 5) is 11.7. The van der Waals surface area contributed by atoms with E-state index in [1.165, 1.54) is 109 Å². The number of carbonyl (C=O) groups is 1. The first-order valence-corrected chi connectivity index (χ1v) is 14.6. The summed E-state index contributed by atoms with van der Waals surface area (Å²) < 4.78 is 16.3. The van der Waals surface area contributed by atoms with E-state index in [9.17, 15) is 4.79 Å². The fourth-order valence-corrected chi connectivity index (χ4v) is 4.06. The molecule has 0 aromatic carbocycles. The van der Waals surface area contributed by atoms with E-state index >= 15 is 0 Å². The second-order valence-electron chi connectivity index (χ2n) is 9.56. The Morgan fingerprint density at radius 2 is 0.788 bits per heavy atom. The molecule has 0 aromatic rings. The molecule has 0 radical (unpaired) electrons. The summed E-state index contributed by atoms with van der Waals surface area (Å²) >= 11 is 0. The van der Waals surface area contributed by atoms with E-state index in [-0.39, 0.29) is 5.97 Å². The minimum atomic E-state index is -0.0918. The maximum absolute atomic E-state index is 11.7. The number of rotatable bonds is 28. The van der Waals surface area contributed by atoms with Crippen molar-refractivity contribution in [1.29, 1.82) is 0 Å². The van der Waals surface area contributed by atoms with Crippen LogP contribution in [0.15, 0.2) is 0 Å². The highest BCUT2D eigenvalue weighted by molar-refractivity contribution is 5.69. The van der Waals surface area contributed by atoms with Crippen LogP contribution < -0.4 is 0 Å². The molecule has 0 aliphatic heterocycles. The molecule has 0 spiro atoms. The Hall–Kier alpha value is -0.610. The molecule has 4 nitrogen and oxygen atoms in total. The third kappa shape index (κ3) is 29.4. The van der Waals surface area contributed by atoms with Crippen LogP contribution in [-0.4, -0.2) is 39.0 Å². The molecule has 0 bridgehead atoms. The summed E-state index contributed by atoms with van der Waals surface area (Å²) in [7, 11) is 0. The Balaban J connectivity index is 3.10. The quantitative estimate of drug-likeness (QED) is 0.0846. The van der Waals surface area contributed by atoms with Gasteiger partial charge in [-0.05, 0) is 12.8 Å². The summed E-state index contributed by atoms with van der Waals surface area (Å²) in [6.45, 7) is 7.36. The lowest BCUT2D eigenvalue weighted by Crippen LogP contribution is -2.13. The molecule has 0 fully saturated rings. The fraction of sp³-hybridized carbons (Fsp3) is 0.966. The van der Waals surface area contributed by atoms with Crippen LogP contribution in [0.1, 0.15) is 149 Å². The molecule has 0 saturated carbocycles. The zero-order valence-electron chi connectivity index (χ0n) is 22.5. The van der Waals surface area contributed by atoms with E-state index in [0.29, 0.717) is 32.8 Å². The molecular weight excluding hydrogens is 412 g/mol. The molecule has 198 valence electrons. The molecule has 0 N–H and O–H groups in total. The van der Waals surface area contributed by atoms with Crippen molar-refractivity contribution < 1.29 is 19.0 Å². The second kappa shape index (κ2) is 29.4. The van der Waals surface area contributed by atoms with E-state index < -0.39 is 0 Å². The maximum atomic E-state index is 11.7. The van der Waals surface area contributed by atoms with Crippen LogP contribution in [0.2, 0.25) is 0 Å². The largest absolute Gasteiger partial charge is 0.463 e. The van der Waals surface area contributed by atoms with Crippen LogP contribution in [0, 0.1) is 0 Å². The average Bonchev–Trinajstić information content (AvgIpc) is 2.82. The monoisotopic (exact) mass is 470 g/mol. The lowest BCUT2D eigenvalue weighted by atomic mass is 10.0. The summed E-state index contributed by atoms with van der Waals surface area (Å²) in [5.74, 6) is -0.0918. The molecule has 0 aromatic heterocycles. The van der Waals surface area contributed by atoms with Gasteiger partial charge in [0.1, 0.15) is 6.61 Å². The number of esters is 1. The van der Waals surface area contributed by atoms with Crippen molar-refractivity contribution in [3.63, 3.8) is 0 Å². The average molecular weight is 471 g/mol. The fourth-order valence-electron chi connectivity index (χ4n) is 4.06. The number of hydrogen-bond acceptors (Lipinski definition) is 4. The van der Waals surface area contributed by atoms with Gasteiger partial charge < -0.3 is 14.2 Å². The molecule has 0 amide bonds. The first-order valence-electron chi connectivity index (χ1n) is 14.6. The zero-order chi connectivity index (χ0) is 24.1. The van der Waals surface area contributed by atoms with Gasteiger partial charge in [-0.2, -0.15) is 0 Å².